The first kappa shape index (κ1) is 44.6. The zero-order valence-corrected chi connectivity index (χ0v) is 36.2. The summed E-state index contributed by atoms with van der Waals surface area (Å²) in [6.45, 7) is 14.7. The number of aromatic nitrogens is 1. The molecule has 3 amide bonds. The highest BCUT2D eigenvalue weighted by Gasteiger charge is 2.41. The fourth-order valence-electron chi connectivity index (χ4n) is 8.20. The van der Waals surface area contributed by atoms with Gasteiger partial charge in [0, 0.05) is 62.2 Å². The van der Waals surface area contributed by atoms with E-state index in [9.17, 15) is 14.4 Å². The molecule has 1 spiro atoms. The molecule has 6 rings (SSSR count). The molecule has 2 fully saturated rings. The molecule has 0 radical (unpaired) electrons. The summed E-state index contributed by atoms with van der Waals surface area (Å²) >= 11 is 1.54. The summed E-state index contributed by atoms with van der Waals surface area (Å²) in [6, 6.07) is 11.5. The first-order valence-electron chi connectivity index (χ1n) is 21.6. The number of morpholine rings is 1. The van der Waals surface area contributed by atoms with Gasteiger partial charge >= 0.3 is 0 Å². The molecule has 3 aliphatic heterocycles. The largest absolute Gasteiger partial charge is 0.481 e. The Morgan fingerprint density at radius 2 is 1.83 bits per heavy atom. The summed E-state index contributed by atoms with van der Waals surface area (Å²) in [5.74, 6) is 0.708. The number of ether oxygens (including phenoxy) is 3. The number of thiazole rings is 1. The van der Waals surface area contributed by atoms with E-state index in [1.165, 1.54) is 11.3 Å². The summed E-state index contributed by atoms with van der Waals surface area (Å²) in [4.78, 5) is 49.1. The number of para-hydroxylation sites is 1. The second kappa shape index (κ2) is 21.5. The van der Waals surface area contributed by atoms with Gasteiger partial charge in [-0.05, 0) is 62.8 Å². The van der Waals surface area contributed by atoms with Crippen LogP contribution in [-0.4, -0.2) is 121 Å². The van der Waals surface area contributed by atoms with E-state index in [1.54, 1.807) is 0 Å². The maximum absolute atomic E-state index is 15.8. The first-order valence-corrected chi connectivity index (χ1v) is 22.4. The van der Waals surface area contributed by atoms with Crippen LogP contribution in [0.5, 0.6) is 5.75 Å². The molecule has 0 bridgehead atoms. The van der Waals surface area contributed by atoms with Crippen molar-refractivity contribution >= 4 is 34.7 Å². The number of anilines is 1. The Balaban J connectivity index is 0.910. The number of rotatable bonds is 20. The van der Waals surface area contributed by atoms with Crippen LogP contribution in [0.2, 0.25) is 0 Å². The monoisotopic (exact) mass is 834 g/mol. The van der Waals surface area contributed by atoms with Gasteiger partial charge in [-0.2, -0.15) is 0 Å². The number of likely N-dealkylation sites (tertiary alicyclic amines) is 1. The molecule has 14 heteroatoms. The number of fused-ring (bicyclic) bond motifs is 1. The lowest BCUT2D eigenvalue weighted by Gasteiger charge is -2.47. The quantitative estimate of drug-likeness (QED) is 0.124. The average molecular weight is 835 g/mol. The molecule has 0 aliphatic carbocycles. The van der Waals surface area contributed by atoms with Crippen LogP contribution in [0, 0.1) is 5.82 Å². The number of carbonyl (C=O) groups is 3. The predicted octanol–water partition coefficient (Wildman–Crippen LogP) is 6.43. The van der Waals surface area contributed by atoms with Crippen LogP contribution >= 0.6 is 11.3 Å². The number of amides is 3. The van der Waals surface area contributed by atoms with Crippen LogP contribution in [0.3, 0.4) is 0 Å². The molecule has 59 heavy (non-hydrogen) atoms. The Morgan fingerprint density at radius 1 is 1.05 bits per heavy atom. The second-order valence-corrected chi connectivity index (χ2v) is 17.4. The minimum Gasteiger partial charge on any atom is -0.481 e. The van der Waals surface area contributed by atoms with Gasteiger partial charge in [-0.1, -0.05) is 63.9 Å². The number of carbonyl (C=O) groups excluding carboxylic acids is 3. The highest BCUT2D eigenvalue weighted by atomic mass is 32.1. The highest BCUT2D eigenvalue weighted by molar-refractivity contribution is 7.09. The zero-order chi connectivity index (χ0) is 41.8. The Hall–Kier alpha value is -3.95. The fourth-order valence-corrected chi connectivity index (χ4v) is 9.01. The number of nitrogens with zero attached hydrogens (tertiary/aromatic N) is 4. The van der Waals surface area contributed by atoms with Gasteiger partial charge in [0.25, 0.3) is 11.8 Å². The van der Waals surface area contributed by atoms with Gasteiger partial charge < -0.3 is 34.6 Å². The van der Waals surface area contributed by atoms with E-state index < -0.39 is 0 Å². The number of halogens is 1. The molecule has 2 aromatic carbocycles. The van der Waals surface area contributed by atoms with Gasteiger partial charge in [-0.25, -0.2) is 9.37 Å². The lowest BCUT2D eigenvalue weighted by molar-refractivity contribution is -0.134. The van der Waals surface area contributed by atoms with E-state index in [2.05, 4.69) is 48.2 Å². The summed E-state index contributed by atoms with van der Waals surface area (Å²) in [7, 11) is 0. The molecule has 3 aliphatic rings. The van der Waals surface area contributed by atoms with Gasteiger partial charge in [0.05, 0.1) is 49.1 Å². The van der Waals surface area contributed by atoms with E-state index in [0.29, 0.717) is 87.3 Å². The Bertz CT molecular complexity index is 1870. The molecular formula is C45H63FN6O6S. The van der Waals surface area contributed by atoms with E-state index in [1.807, 2.05) is 51.6 Å². The Kier molecular flexibility index (Phi) is 16.3. The molecule has 2 saturated heterocycles. The molecule has 3 aromatic rings. The SMILES string of the molecule is CCCCC(C)N(CCNCCc1cccc2c1OCC(=O)N2)C(=O)CCOCCc1cccc(CN2CCC3(CC2)CN(C(=O)c2csc(C(C)C)n2)CCO3)c1F. The highest BCUT2D eigenvalue weighted by Crippen LogP contribution is 2.33. The number of piperidine rings is 1. The summed E-state index contributed by atoms with van der Waals surface area (Å²) in [5, 5.41) is 9.17. The van der Waals surface area contributed by atoms with Crippen molar-refractivity contribution in [1.29, 1.82) is 0 Å². The van der Waals surface area contributed by atoms with Gasteiger partial charge in [-0.15, -0.1) is 11.3 Å². The second-order valence-electron chi connectivity index (χ2n) is 16.5. The van der Waals surface area contributed by atoms with Crippen LogP contribution in [0.25, 0.3) is 0 Å². The predicted molar refractivity (Wildman–Crippen MR) is 229 cm³/mol. The van der Waals surface area contributed by atoms with Crippen molar-refractivity contribution in [3.8, 4) is 5.75 Å². The van der Waals surface area contributed by atoms with E-state index in [-0.39, 0.29) is 54.8 Å². The van der Waals surface area contributed by atoms with Crippen LogP contribution in [0.1, 0.15) is 104 Å². The smallest absolute Gasteiger partial charge is 0.273 e. The Morgan fingerprint density at radius 3 is 2.61 bits per heavy atom. The fraction of sp³-hybridized carbons (Fsp3) is 0.600. The first-order chi connectivity index (χ1) is 28.6. The molecule has 2 N–H and O–H groups in total. The van der Waals surface area contributed by atoms with Crippen molar-refractivity contribution in [3.05, 3.63) is 75.0 Å². The molecule has 322 valence electrons. The van der Waals surface area contributed by atoms with Crippen LogP contribution < -0.4 is 15.4 Å². The molecule has 1 atom stereocenters. The van der Waals surface area contributed by atoms with Crippen molar-refractivity contribution < 1.29 is 33.0 Å². The van der Waals surface area contributed by atoms with E-state index >= 15 is 4.39 Å². The number of unbranched alkanes of at least 4 members (excludes halogenated alkanes) is 1. The molecular weight excluding hydrogens is 772 g/mol. The molecule has 12 nitrogen and oxygen atoms in total. The standard InChI is InChI=1S/C45H63FN6O6S/c1-5-6-9-33(4)52(23-20-47-19-14-35-11-8-13-37-42(35)57-29-39(53)48-37)40(54)16-26-56-25-15-34-10-7-12-36(41(34)46)28-50-21-17-45(18-22-50)31-51(24-27-58-45)44(55)38-30-59-43(49-38)32(2)3/h7-8,10-13,30,32-33,47H,5-6,9,14-29,31H2,1-4H3,(H,48,53). The lowest BCUT2D eigenvalue weighted by atomic mass is 9.89. The lowest BCUT2D eigenvalue weighted by Crippen LogP contribution is -2.58. The van der Waals surface area contributed by atoms with Gasteiger partial charge in [-0.3, -0.25) is 19.3 Å². The summed E-state index contributed by atoms with van der Waals surface area (Å²) in [5.41, 5.74) is 3.15. The van der Waals surface area contributed by atoms with E-state index in [0.717, 1.165) is 67.9 Å². The van der Waals surface area contributed by atoms with Crippen LogP contribution in [0.4, 0.5) is 10.1 Å². The van der Waals surface area contributed by atoms with Gasteiger partial charge in [0.2, 0.25) is 5.91 Å². The zero-order valence-electron chi connectivity index (χ0n) is 35.4. The van der Waals surface area contributed by atoms with Gasteiger partial charge in [0.15, 0.2) is 6.61 Å². The third-order valence-corrected chi connectivity index (χ3v) is 12.9. The number of hydrogen-bond acceptors (Lipinski definition) is 10. The minimum atomic E-state index is -0.385. The number of nitrogens with one attached hydrogen (secondary N) is 2. The third kappa shape index (κ3) is 12.1. The van der Waals surface area contributed by atoms with Crippen LogP contribution in [0.15, 0.2) is 41.8 Å². The average Bonchev–Trinajstić information content (AvgIpc) is 3.74. The molecule has 1 aromatic heterocycles. The van der Waals surface area contributed by atoms with Crippen molar-refractivity contribution in [3.63, 3.8) is 0 Å². The van der Waals surface area contributed by atoms with Gasteiger partial charge in [0.1, 0.15) is 17.3 Å². The van der Waals surface area contributed by atoms with Crippen molar-refractivity contribution in [1.82, 2.24) is 25.0 Å². The third-order valence-electron chi connectivity index (χ3n) is 11.7. The summed E-state index contributed by atoms with van der Waals surface area (Å²) < 4.78 is 33.7. The normalized spacial score (nSPS) is 17.1. The topological polar surface area (TPSA) is 126 Å². The number of hydrogen-bond donors (Lipinski definition) is 2. The Labute approximate surface area is 353 Å². The minimum absolute atomic E-state index is 0.0238. The van der Waals surface area contributed by atoms with Crippen molar-refractivity contribution in [2.75, 3.05) is 77.6 Å². The molecule has 0 saturated carbocycles. The molecule has 4 heterocycles. The van der Waals surface area contributed by atoms with Crippen molar-refractivity contribution in [2.24, 2.45) is 0 Å². The summed E-state index contributed by atoms with van der Waals surface area (Å²) in [6.07, 6.45) is 6.05. The van der Waals surface area contributed by atoms with Crippen LogP contribution in [-0.2, 0) is 38.4 Å². The maximum atomic E-state index is 15.8. The van der Waals surface area contributed by atoms with E-state index in [4.69, 9.17) is 14.2 Å². The maximum Gasteiger partial charge on any atom is 0.273 e. The van der Waals surface area contributed by atoms with Crippen molar-refractivity contribution in [2.45, 2.75) is 103 Å². The molecule has 1 unspecified atom stereocenters. The number of benzene rings is 2.